The molecule has 19 heavy (non-hydrogen) atoms. The summed E-state index contributed by atoms with van der Waals surface area (Å²) in [5.41, 5.74) is 0. The normalized spacial score (nSPS) is 11.1. The molecule has 0 amide bonds. The van der Waals surface area contributed by atoms with Crippen LogP contribution in [0.3, 0.4) is 0 Å². The Morgan fingerprint density at radius 2 is 2.21 bits per heavy atom. The molecule has 0 aliphatic rings. The fourth-order valence-corrected chi connectivity index (χ4v) is 3.96. The van der Waals surface area contributed by atoms with E-state index in [0.717, 1.165) is 25.5 Å². The largest absolute Gasteiger partial charge is 0.249 e. The zero-order chi connectivity index (χ0) is 13.2. The lowest BCUT2D eigenvalue weighted by Gasteiger charge is -2.03. The van der Waals surface area contributed by atoms with Gasteiger partial charge in [0.25, 0.3) is 0 Å². The van der Waals surface area contributed by atoms with Crippen molar-refractivity contribution in [1.82, 2.24) is 15.0 Å². The third-order valence-corrected chi connectivity index (χ3v) is 5.39. The van der Waals surface area contributed by atoms with Crippen LogP contribution in [0.1, 0.15) is 5.82 Å². The second-order valence-corrected chi connectivity index (χ2v) is 6.72. The van der Waals surface area contributed by atoms with E-state index in [1.807, 2.05) is 23.6 Å². The summed E-state index contributed by atoms with van der Waals surface area (Å²) in [6.45, 7) is 0. The van der Waals surface area contributed by atoms with E-state index in [9.17, 15) is 0 Å². The second kappa shape index (κ2) is 5.75. The molecule has 3 heterocycles. The average molecular weight is 373 g/mol. The van der Waals surface area contributed by atoms with Crippen LogP contribution in [-0.2, 0) is 5.75 Å². The molecule has 7 heteroatoms. The van der Waals surface area contributed by atoms with Crippen molar-refractivity contribution in [3.05, 3.63) is 45.2 Å². The monoisotopic (exact) mass is 371 g/mol. The molecule has 0 N–H and O–H groups in total. The highest BCUT2D eigenvalue weighted by atomic mass is 79.9. The zero-order valence-electron chi connectivity index (χ0n) is 9.51. The topological polar surface area (TPSA) is 38.7 Å². The number of thiophene rings is 1. The van der Waals surface area contributed by atoms with E-state index in [2.05, 4.69) is 30.9 Å². The number of hydrogen-bond donors (Lipinski definition) is 0. The van der Waals surface area contributed by atoms with E-state index in [-0.39, 0.29) is 0 Å². The summed E-state index contributed by atoms with van der Waals surface area (Å²) < 4.78 is 0.975. The van der Waals surface area contributed by atoms with Crippen molar-refractivity contribution in [3.8, 4) is 0 Å². The van der Waals surface area contributed by atoms with Crippen molar-refractivity contribution in [2.24, 2.45) is 0 Å². The Kier molecular flexibility index (Phi) is 4.02. The van der Waals surface area contributed by atoms with E-state index in [4.69, 9.17) is 11.6 Å². The Hall–Kier alpha value is -0.690. The Balaban J connectivity index is 1.84. The summed E-state index contributed by atoms with van der Waals surface area (Å²) in [5.74, 6) is 1.37. The minimum atomic E-state index is 0.516. The summed E-state index contributed by atoms with van der Waals surface area (Å²) >= 11 is 12.8. The third kappa shape index (κ3) is 2.91. The van der Waals surface area contributed by atoms with Crippen LogP contribution in [0.5, 0.6) is 0 Å². The Bertz CT molecular complexity index is 732. The third-order valence-electron chi connectivity index (χ3n) is 2.39. The molecule has 0 aliphatic carbocycles. The van der Waals surface area contributed by atoms with E-state index >= 15 is 0 Å². The number of nitrogens with zero attached hydrogens (tertiary/aromatic N) is 3. The first-order chi connectivity index (χ1) is 9.24. The average Bonchev–Trinajstić information content (AvgIpc) is 2.87. The molecule has 0 saturated carbocycles. The molecular formula is C12H7BrClN3S2. The van der Waals surface area contributed by atoms with Crippen molar-refractivity contribution in [2.75, 3.05) is 0 Å². The van der Waals surface area contributed by atoms with Gasteiger partial charge in [0.05, 0.1) is 5.75 Å². The van der Waals surface area contributed by atoms with E-state index < -0.39 is 0 Å². The molecular weight excluding hydrogens is 366 g/mol. The fraction of sp³-hybridized carbons (Fsp3) is 0.0833. The van der Waals surface area contributed by atoms with E-state index in [0.29, 0.717) is 10.9 Å². The van der Waals surface area contributed by atoms with Gasteiger partial charge in [-0.2, -0.15) is 0 Å². The summed E-state index contributed by atoms with van der Waals surface area (Å²) in [6, 6.07) is 5.79. The first kappa shape index (κ1) is 13.3. The maximum absolute atomic E-state index is 6.14. The molecule has 0 atom stereocenters. The Morgan fingerprint density at radius 3 is 3.05 bits per heavy atom. The number of thioether (sulfide) groups is 1. The Morgan fingerprint density at radius 1 is 1.32 bits per heavy atom. The lowest BCUT2D eigenvalue weighted by Crippen LogP contribution is -1.93. The maximum Gasteiger partial charge on any atom is 0.142 e. The standard InChI is InChI=1S/C12H7BrClN3S2/c13-8-2-1-4-15-12(8)19-6-9-16-10(14)7-3-5-18-11(7)17-9/h1-5H,6H2. The number of rotatable bonds is 3. The predicted molar refractivity (Wildman–Crippen MR) is 83.9 cm³/mol. The van der Waals surface area contributed by atoms with Crippen LogP contribution in [0.4, 0.5) is 0 Å². The van der Waals surface area contributed by atoms with E-state index in [1.54, 1.807) is 29.3 Å². The molecule has 0 saturated heterocycles. The molecule has 3 aromatic rings. The van der Waals surface area contributed by atoms with Gasteiger partial charge in [0.1, 0.15) is 20.8 Å². The first-order valence-corrected chi connectivity index (χ1v) is 8.40. The summed E-state index contributed by atoms with van der Waals surface area (Å²) in [6.07, 6.45) is 1.77. The smallest absolute Gasteiger partial charge is 0.142 e. The molecule has 0 fully saturated rings. The summed E-state index contributed by atoms with van der Waals surface area (Å²) in [5, 5.41) is 4.33. The quantitative estimate of drug-likeness (QED) is 0.489. The van der Waals surface area contributed by atoms with Gasteiger partial charge in [-0.25, -0.2) is 15.0 Å². The van der Waals surface area contributed by atoms with Gasteiger partial charge >= 0.3 is 0 Å². The number of fused-ring (bicyclic) bond motifs is 1. The van der Waals surface area contributed by atoms with Crippen LogP contribution in [0.25, 0.3) is 10.2 Å². The van der Waals surface area contributed by atoms with Gasteiger partial charge in [-0.05, 0) is 39.5 Å². The number of halogens is 2. The molecule has 0 radical (unpaired) electrons. The lowest BCUT2D eigenvalue weighted by molar-refractivity contribution is 1.06. The number of aromatic nitrogens is 3. The van der Waals surface area contributed by atoms with Gasteiger partial charge in [0.15, 0.2) is 0 Å². The minimum absolute atomic E-state index is 0.516. The van der Waals surface area contributed by atoms with Crippen molar-refractivity contribution < 1.29 is 0 Å². The second-order valence-electron chi connectivity index (χ2n) is 3.65. The first-order valence-electron chi connectivity index (χ1n) is 5.37. The van der Waals surface area contributed by atoms with Crippen LogP contribution >= 0.6 is 50.6 Å². The van der Waals surface area contributed by atoms with Gasteiger partial charge in [0.2, 0.25) is 0 Å². The molecule has 0 spiro atoms. The molecule has 0 unspecified atom stereocenters. The van der Waals surface area contributed by atoms with Gasteiger partial charge in [-0.15, -0.1) is 11.3 Å². The fourth-order valence-electron chi connectivity index (χ4n) is 1.54. The number of hydrogen-bond acceptors (Lipinski definition) is 5. The molecule has 0 aliphatic heterocycles. The van der Waals surface area contributed by atoms with Gasteiger partial charge in [-0.1, -0.05) is 23.4 Å². The highest BCUT2D eigenvalue weighted by Crippen LogP contribution is 2.29. The maximum atomic E-state index is 6.14. The van der Waals surface area contributed by atoms with Crippen molar-refractivity contribution in [2.45, 2.75) is 10.8 Å². The van der Waals surface area contributed by atoms with Gasteiger partial charge in [-0.3, -0.25) is 0 Å². The van der Waals surface area contributed by atoms with Crippen molar-refractivity contribution in [1.29, 1.82) is 0 Å². The van der Waals surface area contributed by atoms with Crippen LogP contribution in [0.15, 0.2) is 39.3 Å². The Labute approximate surface area is 131 Å². The zero-order valence-corrected chi connectivity index (χ0v) is 13.5. The number of pyridine rings is 1. The molecule has 0 bridgehead atoms. The molecule has 0 aromatic carbocycles. The lowest BCUT2D eigenvalue weighted by atomic mass is 10.4. The minimum Gasteiger partial charge on any atom is -0.249 e. The highest BCUT2D eigenvalue weighted by Gasteiger charge is 2.08. The molecule has 96 valence electrons. The van der Waals surface area contributed by atoms with Crippen molar-refractivity contribution >= 4 is 60.8 Å². The van der Waals surface area contributed by atoms with Crippen LogP contribution in [-0.4, -0.2) is 15.0 Å². The van der Waals surface area contributed by atoms with Crippen LogP contribution in [0.2, 0.25) is 5.15 Å². The van der Waals surface area contributed by atoms with E-state index in [1.165, 1.54) is 0 Å². The SMILES string of the molecule is Clc1nc(CSc2ncccc2Br)nc2sccc12. The van der Waals surface area contributed by atoms with Crippen molar-refractivity contribution in [3.63, 3.8) is 0 Å². The summed E-state index contributed by atoms with van der Waals surface area (Å²) in [7, 11) is 0. The summed E-state index contributed by atoms with van der Waals surface area (Å²) in [4.78, 5) is 14.0. The molecule has 3 aromatic heterocycles. The molecule has 3 rings (SSSR count). The highest BCUT2D eigenvalue weighted by molar-refractivity contribution is 9.10. The molecule has 3 nitrogen and oxygen atoms in total. The van der Waals surface area contributed by atoms with Crippen LogP contribution < -0.4 is 0 Å². The predicted octanol–water partition coefficient (Wildman–Crippen LogP) is 4.79. The van der Waals surface area contributed by atoms with Gasteiger partial charge < -0.3 is 0 Å². The van der Waals surface area contributed by atoms with Crippen LogP contribution in [0, 0.1) is 0 Å². The van der Waals surface area contributed by atoms with Gasteiger partial charge in [0, 0.05) is 16.1 Å².